The molecule has 0 radical (unpaired) electrons. The SMILES string of the molecule is Clc1cccc(Cl)c1CSc1cccs1. The molecule has 0 unspecified atom stereocenters. The quantitative estimate of drug-likeness (QED) is 0.681. The summed E-state index contributed by atoms with van der Waals surface area (Å²) in [6.07, 6.45) is 0. The summed E-state index contributed by atoms with van der Waals surface area (Å²) >= 11 is 15.6. The van der Waals surface area contributed by atoms with E-state index in [1.807, 2.05) is 24.3 Å². The largest absolute Gasteiger partial charge is 0.137 e. The molecular weight excluding hydrogens is 267 g/mol. The van der Waals surface area contributed by atoms with Gasteiger partial charge in [-0.1, -0.05) is 35.3 Å². The molecule has 0 N–H and O–H groups in total. The van der Waals surface area contributed by atoms with Crippen molar-refractivity contribution in [3.63, 3.8) is 0 Å². The molecule has 0 saturated carbocycles. The molecular formula is C11H8Cl2S2. The second-order valence-corrected chi connectivity index (χ2v) is 5.96. The molecule has 1 aromatic carbocycles. The first-order valence-corrected chi connectivity index (χ1v) is 6.98. The summed E-state index contributed by atoms with van der Waals surface area (Å²) in [5, 5.41) is 3.55. The van der Waals surface area contributed by atoms with Crippen LogP contribution in [0, 0.1) is 0 Å². The first-order valence-electron chi connectivity index (χ1n) is 4.36. The number of thiophene rings is 1. The molecule has 0 spiro atoms. The molecule has 1 heterocycles. The van der Waals surface area contributed by atoms with Crippen molar-refractivity contribution in [1.29, 1.82) is 0 Å². The molecule has 1 aromatic heterocycles. The zero-order valence-corrected chi connectivity index (χ0v) is 10.9. The lowest BCUT2D eigenvalue weighted by molar-refractivity contribution is 1.41. The highest BCUT2D eigenvalue weighted by molar-refractivity contribution is 8.00. The molecule has 0 amide bonds. The maximum atomic E-state index is 6.08. The molecule has 15 heavy (non-hydrogen) atoms. The van der Waals surface area contributed by atoms with Crippen LogP contribution in [-0.4, -0.2) is 0 Å². The number of rotatable bonds is 3. The van der Waals surface area contributed by atoms with Gasteiger partial charge in [0.25, 0.3) is 0 Å². The molecule has 0 saturated heterocycles. The van der Waals surface area contributed by atoms with Crippen LogP contribution in [0.2, 0.25) is 10.0 Å². The van der Waals surface area contributed by atoms with Gasteiger partial charge in [-0.15, -0.1) is 23.1 Å². The second-order valence-electron chi connectivity index (χ2n) is 2.92. The summed E-state index contributed by atoms with van der Waals surface area (Å²) < 4.78 is 1.28. The maximum Gasteiger partial charge on any atom is 0.0601 e. The highest BCUT2D eigenvalue weighted by atomic mass is 35.5. The zero-order chi connectivity index (χ0) is 10.7. The molecule has 0 atom stereocenters. The Morgan fingerprint density at radius 2 is 1.80 bits per heavy atom. The van der Waals surface area contributed by atoms with E-state index in [0.29, 0.717) is 0 Å². The fourth-order valence-electron chi connectivity index (χ4n) is 1.16. The Bertz CT molecular complexity index is 418. The number of thioether (sulfide) groups is 1. The molecule has 78 valence electrons. The molecule has 0 nitrogen and oxygen atoms in total. The van der Waals surface area contributed by atoms with E-state index in [9.17, 15) is 0 Å². The van der Waals surface area contributed by atoms with Crippen molar-refractivity contribution in [3.05, 3.63) is 51.3 Å². The lowest BCUT2D eigenvalue weighted by atomic mass is 10.2. The van der Waals surface area contributed by atoms with E-state index in [1.165, 1.54) is 4.21 Å². The predicted octanol–water partition coefficient (Wildman–Crippen LogP) is 5.35. The third kappa shape index (κ3) is 2.91. The van der Waals surface area contributed by atoms with Crippen LogP contribution in [0.1, 0.15) is 5.56 Å². The van der Waals surface area contributed by atoms with Crippen molar-refractivity contribution in [1.82, 2.24) is 0 Å². The van der Waals surface area contributed by atoms with Gasteiger partial charge in [0, 0.05) is 15.8 Å². The van der Waals surface area contributed by atoms with Gasteiger partial charge in [0.05, 0.1) is 4.21 Å². The number of hydrogen-bond acceptors (Lipinski definition) is 2. The Morgan fingerprint density at radius 1 is 1.07 bits per heavy atom. The van der Waals surface area contributed by atoms with Crippen molar-refractivity contribution >= 4 is 46.3 Å². The average molecular weight is 275 g/mol. The van der Waals surface area contributed by atoms with E-state index in [4.69, 9.17) is 23.2 Å². The van der Waals surface area contributed by atoms with E-state index >= 15 is 0 Å². The Labute approximate surface area is 107 Å². The maximum absolute atomic E-state index is 6.08. The minimum absolute atomic E-state index is 0.742. The summed E-state index contributed by atoms with van der Waals surface area (Å²) in [6.45, 7) is 0. The van der Waals surface area contributed by atoms with Crippen LogP contribution >= 0.6 is 46.3 Å². The van der Waals surface area contributed by atoms with E-state index in [0.717, 1.165) is 21.4 Å². The van der Waals surface area contributed by atoms with Gasteiger partial charge in [-0.25, -0.2) is 0 Å². The molecule has 2 rings (SSSR count). The smallest absolute Gasteiger partial charge is 0.0601 e. The van der Waals surface area contributed by atoms with Crippen LogP contribution in [0.15, 0.2) is 39.9 Å². The first kappa shape index (κ1) is 11.3. The van der Waals surface area contributed by atoms with Crippen molar-refractivity contribution in [3.8, 4) is 0 Å². The molecule has 0 aliphatic rings. The fourth-order valence-corrected chi connectivity index (χ4v) is 3.69. The monoisotopic (exact) mass is 274 g/mol. The lowest BCUT2D eigenvalue weighted by Gasteiger charge is -2.04. The molecule has 0 bridgehead atoms. The van der Waals surface area contributed by atoms with Crippen LogP contribution in [0.4, 0.5) is 0 Å². The molecule has 0 aliphatic heterocycles. The summed E-state index contributed by atoms with van der Waals surface area (Å²) in [5.41, 5.74) is 1.01. The lowest BCUT2D eigenvalue weighted by Crippen LogP contribution is -1.83. The van der Waals surface area contributed by atoms with Crippen LogP contribution in [-0.2, 0) is 5.75 Å². The van der Waals surface area contributed by atoms with Crippen molar-refractivity contribution in [2.24, 2.45) is 0 Å². The topological polar surface area (TPSA) is 0 Å². The minimum atomic E-state index is 0.742. The van der Waals surface area contributed by atoms with Crippen LogP contribution in [0.3, 0.4) is 0 Å². The van der Waals surface area contributed by atoms with E-state index in [2.05, 4.69) is 11.4 Å². The van der Waals surface area contributed by atoms with Gasteiger partial charge in [0.2, 0.25) is 0 Å². The molecule has 4 heteroatoms. The molecule has 0 aliphatic carbocycles. The Hall–Kier alpha value is -0.150. The first-order chi connectivity index (χ1) is 7.27. The molecule has 2 aromatic rings. The van der Waals surface area contributed by atoms with Gasteiger partial charge < -0.3 is 0 Å². The van der Waals surface area contributed by atoms with Gasteiger partial charge in [0.1, 0.15) is 0 Å². The summed E-state index contributed by atoms with van der Waals surface area (Å²) in [4.78, 5) is 0. The van der Waals surface area contributed by atoms with Crippen LogP contribution in [0.5, 0.6) is 0 Å². The van der Waals surface area contributed by atoms with Gasteiger partial charge in [-0.3, -0.25) is 0 Å². The Kier molecular flexibility index (Phi) is 3.98. The zero-order valence-electron chi connectivity index (χ0n) is 7.74. The Balaban J connectivity index is 2.11. The molecule has 0 fully saturated rings. The summed E-state index contributed by atoms with van der Waals surface area (Å²) in [7, 11) is 0. The van der Waals surface area contributed by atoms with Gasteiger partial charge in [0.15, 0.2) is 0 Å². The number of halogens is 2. The number of hydrogen-bond donors (Lipinski definition) is 0. The predicted molar refractivity (Wildman–Crippen MR) is 70.3 cm³/mol. The highest BCUT2D eigenvalue weighted by Gasteiger charge is 2.05. The summed E-state index contributed by atoms with van der Waals surface area (Å²) in [5.74, 6) is 0.818. The van der Waals surface area contributed by atoms with Gasteiger partial charge in [-0.05, 0) is 29.1 Å². The van der Waals surface area contributed by atoms with Crippen molar-refractivity contribution in [2.75, 3.05) is 0 Å². The van der Waals surface area contributed by atoms with Crippen molar-refractivity contribution < 1.29 is 0 Å². The summed E-state index contributed by atoms with van der Waals surface area (Å²) in [6, 6.07) is 9.75. The normalized spacial score (nSPS) is 10.5. The van der Waals surface area contributed by atoms with Crippen LogP contribution < -0.4 is 0 Å². The fraction of sp³-hybridized carbons (Fsp3) is 0.0909. The van der Waals surface area contributed by atoms with Gasteiger partial charge in [-0.2, -0.15) is 0 Å². The van der Waals surface area contributed by atoms with E-state index in [1.54, 1.807) is 23.1 Å². The third-order valence-corrected chi connectivity index (χ3v) is 4.78. The average Bonchev–Trinajstić information content (AvgIpc) is 2.70. The van der Waals surface area contributed by atoms with Crippen LogP contribution in [0.25, 0.3) is 0 Å². The van der Waals surface area contributed by atoms with Gasteiger partial charge >= 0.3 is 0 Å². The Morgan fingerprint density at radius 3 is 2.40 bits per heavy atom. The second kappa shape index (κ2) is 5.26. The van der Waals surface area contributed by atoms with E-state index < -0.39 is 0 Å². The third-order valence-electron chi connectivity index (χ3n) is 1.92. The highest BCUT2D eigenvalue weighted by Crippen LogP contribution is 2.33. The minimum Gasteiger partial charge on any atom is -0.137 e. The van der Waals surface area contributed by atoms with E-state index in [-0.39, 0.29) is 0 Å². The van der Waals surface area contributed by atoms with Crippen molar-refractivity contribution in [2.45, 2.75) is 9.96 Å². The number of benzene rings is 1. The standard InChI is InChI=1S/C11H8Cl2S2/c12-9-3-1-4-10(13)8(9)7-15-11-5-2-6-14-11/h1-6H,7H2.